The second-order valence-electron chi connectivity index (χ2n) is 7.30. The summed E-state index contributed by atoms with van der Waals surface area (Å²) in [5.74, 6) is 1.37. The Morgan fingerprint density at radius 2 is 1.52 bits per heavy atom. The van der Waals surface area contributed by atoms with Crippen molar-refractivity contribution in [2.24, 2.45) is 0 Å². The van der Waals surface area contributed by atoms with Crippen molar-refractivity contribution in [2.75, 3.05) is 21.3 Å². The highest BCUT2D eigenvalue weighted by Crippen LogP contribution is 2.39. The molecule has 33 heavy (non-hydrogen) atoms. The van der Waals surface area contributed by atoms with Crippen LogP contribution in [0.15, 0.2) is 60.4 Å². The van der Waals surface area contributed by atoms with E-state index in [1.54, 1.807) is 42.5 Å². The first-order chi connectivity index (χ1) is 15.9. The molecule has 0 atom stereocenters. The molecule has 3 aromatic rings. The summed E-state index contributed by atoms with van der Waals surface area (Å²) in [5, 5.41) is 0. The molecule has 168 valence electrons. The van der Waals surface area contributed by atoms with Crippen molar-refractivity contribution >= 4 is 17.8 Å². The van der Waals surface area contributed by atoms with Gasteiger partial charge in [0.2, 0.25) is 5.78 Å². The summed E-state index contributed by atoms with van der Waals surface area (Å²) in [7, 11) is 4.57. The first kappa shape index (κ1) is 22.0. The number of ketones is 1. The lowest BCUT2D eigenvalue weighted by Crippen LogP contribution is -2.08. The van der Waals surface area contributed by atoms with Gasteiger partial charge in [0.15, 0.2) is 17.3 Å². The lowest BCUT2D eigenvalue weighted by atomic mass is 10.1. The first-order valence-electron chi connectivity index (χ1n) is 10.1. The minimum absolute atomic E-state index is 0.109. The highest BCUT2D eigenvalue weighted by molar-refractivity contribution is 6.14. The topological polar surface area (TPSA) is 80.3 Å². The van der Waals surface area contributed by atoms with Crippen molar-refractivity contribution in [1.29, 1.82) is 0 Å². The second-order valence-corrected chi connectivity index (χ2v) is 7.30. The number of hydrogen-bond acceptors (Lipinski definition) is 7. The number of rotatable bonds is 6. The van der Waals surface area contributed by atoms with Crippen LogP contribution in [0.3, 0.4) is 0 Å². The van der Waals surface area contributed by atoms with E-state index in [1.807, 2.05) is 19.1 Å². The molecule has 0 amide bonds. The highest BCUT2D eigenvalue weighted by atomic mass is 16.5. The number of esters is 1. The molecule has 7 heteroatoms. The van der Waals surface area contributed by atoms with Crippen LogP contribution in [0.1, 0.15) is 31.8 Å². The molecule has 1 aliphatic heterocycles. The smallest absolute Gasteiger partial charge is 0.343 e. The van der Waals surface area contributed by atoms with Crippen molar-refractivity contribution in [2.45, 2.75) is 6.92 Å². The Balaban J connectivity index is 1.59. The van der Waals surface area contributed by atoms with Gasteiger partial charge in [0.25, 0.3) is 0 Å². The summed E-state index contributed by atoms with van der Waals surface area (Å²) in [6.45, 7) is 1.94. The minimum atomic E-state index is -0.495. The van der Waals surface area contributed by atoms with Crippen LogP contribution < -0.4 is 23.7 Å². The zero-order valence-corrected chi connectivity index (χ0v) is 18.6. The van der Waals surface area contributed by atoms with Gasteiger partial charge in [-0.15, -0.1) is 0 Å². The average Bonchev–Trinajstić information content (AvgIpc) is 3.13. The molecule has 7 nitrogen and oxygen atoms in total. The number of carbonyl (C=O) groups is 2. The molecule has 0 aromatic heterocycles. The van der Waals surface area contributed by atoms with Crippen LogP contribution in [0.2, 0.25) is 0 Å². The predicted molar refractivity (Wildman–Crippen MR) is 122 cm³/mol. The van der Waals surface area contributed by atoms with Crippen molar-refractivity contribution < 1.29 is 33.3 Å². The third kappa shape index (κ3) is 4.39. The summed E-state index contributed by atoms with van der Waals surface area (Å²) >= 11 is 0. The molecule has 4 rings (SSSR count). The Morgan fingerprint density at radius 3 is 2.18 bits per heavy atom. The van der Waals surface area contributed by atoms with Crippen molar-refractivity contribution in [3.63, 3.8) is 0 Å². The zero-order valence-electron chi connectivity index (χ0n) is 18.6. The molecule has 0 saturated heterocycles. The Bertz CT molecular complexity index is 1260. The minimum Gasteiger partial charge on any atom is -0.496 e. The quantitative estimate of drug-likeness (QED) is 0.304. The first-order valence-corrected chi connectivity index (χ1v) is 10.1. The molecular weight excluding hydrogens is 424 g/mol. The lowest BCUT2D eigenvalue weighted by molar-refractivity contribution is 0.0734. The number of allylic oxidation sites excluding steroid dienone is 1. The van der Waals surface area contributed by atoms with E-state index in [-0.39, 0.29) is 17.3 Å². The van der Waals surface area contributed by atoms with Crippen LogP contribution in [0, 0.1) is 6.92 Å². The van der Waals surface area contributed by atoms with Gasteiger partial charge in [-0.2, -0.15) is 0 Å². The number of hydrogen-bond donors (Lipinski definition) is 0. The van der Waals surface area contributed by atoms with Crippen LogP contribution in [-0.2, 0) is 0 Å². The van der Waals surface area contributed by atoms with E-state index in [9.17, 15) is 9.59 Å². The van der Waals surface area contributed by atoms with Crippen LogP contribution in [-0.4, -0.2) is 33.1 Å². The summed E-state index contributed by atoms with van der Waals surface area (Å²) < 4.78 is 27.3. The summed E-state index contributed by atoms with van der Waals surface area (Å²) in [5.41, 5.74) is 2.42. The van der Waals surface area contributed by atoms with Gasteiger partial charge < -0.3 is 23.7 Å². The summed E-state index contributed by atoms with van der Waals surface area (Å²) in [6, 6.07) is 15.1. The van der Waals surface area contributed by atoms with E-state index in [1.165, 1.54) is 27.4 Å². The van der Waals surface area contributed by atoms with E-state index in [0.29, 0.717) is 39.7 Å². The van der Waals surface area contributed by atoms with Crippen molar-refractivity contribution in [1.82, 2.24) is 0 Å². The Morgan fingerprint density at radius 1 is 0.848 bits per heavy atom. The largest absolute Gasteiger partial charge is 0.496 e. The fraction of sp³-hybridized carbons (Fsp3) is 0.154. The van der Waals surface area contributed by atoms with Gasteiger partial charge in [-0.05, 0) is 43.3 Å². The maximum Gasteiger partial charge on any atom is 0.343 e. The Kier molecular flexibility index (Phi) is 6.04. The molecular formula is C26H22O7. The van der Waals surface area contributed by atoms with Gasteiger partial charge in [0.1, 0.15) is 17.2 Å². The van der Waals surface area contributed by atoms with Crippen LogP contribution in [0.4, 0.5) is 0 Å². The Hall–Kier alpha value is -4.26. The van der Waals surface area contributed by atoms with Gasteiger partial charge in [-0.25, -0.2) is 4.79 Å². The predicted octanol–water partition coefficient (Wildman–Crippen LogP) is 4.86. The monoisotopic (exact) mass is 446 g/mol. The fourth-order valence-corrected chi connectivity index (χ4v) is 3.39. The zero-order chi connectivity index (χ0) is 23.5. The lowest BCUT2D eigenvalue weighted by Gasteiger charge is -2.12. The summed E-state index contributed by atoms with van der Waals surface area (Å²) in [4.78, 5) is 25.3. The van der Waals surface area contributed by atoms with Gasteiger partial charge in [0.05, 0.1) is 32.5 Å². The maximum atomic E-state index is 12.9. The SMILES string of the molecule is COc1cc(OC)c(OC)cc1C=C1Oc2cc(OC(=O)c3ccc(C)cc3)ccc2C1=O. The van der Waals surface area contributed by atoms with Gasteiger partial charge in [-0.3, -0.25) is 4.79 Å². The molecule has 0 N–H and O–H groups in total. The second kappa shape index (κ2) is 9.08. The molecule has 0 saturated carbocycles. The molecule has 1 heterocycles. The van der Waals surface area contributed by atoms with E-state index >= 15 is 0 Å². The number of carbonyl (C=O) groups excluding carboxylic acids is 2. The maximum absolute atomic E-state index is 12.9. The number of benzene rings is 3. The van der Waals surface area contributed by atoms with E-state index in [0.717, 1.165) is 5.56 Å². The van der Waals surface area contributed by atoms with Gasteiger partial charge in [-0.1, -0.05) is 17.7 Å². The molecule has 0 fully saturated rings. The van der Waals surface area contributed by atoms with Crippen LogP contribution >= 0.6 is 0 Å². The van der Waals surface area contributed by atoms with E-state index < -0.39 is 5.97 Å². The molecule has 0 unspecified atom stereocenters. The standard InChI is InChI=1S/C26H22O7/c1-15-5-7-16(8-6-15)26(28)32-18-9-10-19-21(13-18)33-24(25(19)27)12-17-11-22(30-3)23(31-4)14-20(17)29-2/h5-14H,1-4H3. The van der Waals surface area contributed by atoms with Crippen molar-refractivity contribution in [3.05, 3.63) is 82.6 Å². The average molecular weight is 446 g/mol. The third-order valence-electron chi connectivity index (χ3n) is 5.16. The van der Waals surface area contributed by atoms with E-state index in [2.05, 4.69) is 0 Å². The number of aryl methyl sites for hydroxylation is 1. The van der Waals surface area contributed by atoms with Gasteiger partial charge >= 0.3 is 5.97 Å². The van der Waals surface area contributed by atoms with Crippen LogP contribution in [0.5, 0.6) is 28.7 Å². The van der Waals surface area contributed by atoms with Gasteiger partial charge in [0, 0.05) is 17.7 Å². The summed E-state index contributed by atoms with van der Waals surface area (Å²) in [6.07, 6.45) is 1.57. The highest BCUT2D eigenvalue weighted by Gasteiger charge is 2.28. The molecule has 0 bridgehead atoms. The van der Waals surface area contributed by atoms with Crippen molar-refractivity contribution in [3.8, 4) is 28.7 Å². The number of methoxy groups -OCH3 is 3. The molecule has 0 radical (unpaired) electrons. The third-order valence-corrected chi connectivity index (χ3v) is 5.16. The normalized spacial score (nSPS) is 13.3. The van der Waals surface area contributed by atoms with Crippen LogP contribution in [0.25, 0.3) is 6.08 Å². The number of ether oxygens (including phenoxy) is 5. The van der Waals surface area contributed by atoms with E-state index in [4.69, 9.17) is 23.7 Å². The molecule has 1 aliphatic rings. The Labute approximate surface area is 191 Å². The number of Topliss-reactive ketones (excluding diaryl/α,β-unsaturated/α-hetero) is 1. The molecule has 3 aromatic carbocycles. The number of fused-ring (bicyclic) bond motifs is 1. The fourth-order valence-electron chi connectivity index (χ4n) is 3.39. The molecule has 0 spiro atoms. The molecule has 0 aliphatic carbocycles.